The van der Waals surface area contributed by atoms with E-state index < -0.39 is 5.91 Å². The number of aliphatic imine (C=N–C) groups is 1. The van der Waals surface area contributed by atoms with Crippen molar-refractivity contribution in [3.8, 4) is 0 Å². The largest absolute Gasteiger partial charge is 0.364 e. The lowest BCUT2D eigenvalue weighted by atomic mass is 9.84. The van der Waals surface area contributed by atoms with Crippen LogP contribution in [0.15, 0.2) is 16.6 Å². The van der Waals surface area contributed by atoms with Gasteiger partial charge >= 0.3 is 0 Å². The lowest BCUT2D eigenvalue weighted by Gasteiger charge is -2.21. The SMILES string of the molecule is C/N=C(\C=C(\CC(C)C)C(C)C(C)C)C(N)=O. The fourth-order valence-electron chi connectivity index (χ4n) is 1.70. The average molecular weight is 238 g/mol. The predicted octanol–water partition coefficient (Wildman–Crippen LogP) is 2.81. The van der Waals surface area contributed by atoms with Crippen LogP contribution in [0.25, 0.3) is 0 Å². The summed E-state index contributed by atoms with van der Waals surface area (Å²) in [4.78, 5) is 15.1. The van der Waals surface area contributed by atoms with Gasteiger partial charge in [-0.15, -0.1) is 0 Å². The van der Waals surface area contributed by atoms with Crippen LogP contribution >= 0.6 is 0 Å². The second kappa shape index (κ2) is 7.25. The molecule has 0 rings (SSSR count). The Hall–Kier alpha value is -1.12. The van der Waals surface area contributed by atoms with Crippen molar-refractivity contribution in [1.82, 2.24) is 0 Å². The molecule has 0 saturated carbocycles. The highest BCUT2D eigenvalue weighted by molar-refractivity contribution is 6.42. The molecule has 0 heterocycles. The first-order chi connectivity index (χ1) is 7.79. The van der Waals surface area contributed by atoms with Crippen LogP contribution < -0.4 is 5.73 Å². The number of carbonyl (C=O) groups is 1. The Kier molecular flexibility index (Phi) is 6.78. The van der Waals surface area contributed by atoms with Crippen molar-refractivity contribution < 1.29 is 4.79 Å². The summed E-state index contributed by atoms with van der Waals surface area (Å²) >= 11 is 0. The van der Waals surface area contributed by atoms with Gasteiger partial charge in [0.15, 0.2) is 0 Å². The Bertz CT molecular complexity index is 314. The number of hydrogen-bond acceptors (Lipinski definition) is 2. The molecule has 0 bridgehead atoms. The third kappa shape index (κ3) is 5.66. The highest BCUT2D eigenvalue weighted by Crippen LogP contribution is 2.25. The second-order valence-corrected chi connectivity index (χ2v) is 5.32. The van der Waals surface area contributed by atoms with Crippen LogP contribution in [0.5, 0.6) is 0 Å². The highest BCUT2D eigenvalue weighted by atomic mass is 16.1. The Balaban J connectivity index is 5.16. The van der Waals surface area contributed by atoms with E-state index >= 15 is 0 Å². The predicted molar refractivity (Wildman–Crippen MR) is 74.1 cm³/mol. The van der Waals surface area contributed by atoms with Gasteiger partial charge in [-0.2, -0.15) is 0 Å². The number of hydrogen-bond donors (Lipinski definition) is 1. The molecule has 0 aliphatic carbocycles. The molecule has 2 N–H and O–H groups in total. The van der Waals surface area contributed by atoms with Gasteiger partial charge in [-0.25, -0.2) is 0 Å². The summed E-state index contributed by atoms with van der Waals surface area (Å²) < 4.78 is 0. The summed E-state index contributed by atoms with van der Waals surface area (Å²) in [6.07, 6.45) is 2.85. The van der Waals surface area contributed by atoms with E-state index in [9.17, 15) is 4.79 Å². The number of nitrogens with zero attached hydrogens (tertiary/aromatic N) is 1. The van der Waals surface area contributed by atoms with Gasteiger partial charge in [0, 0.05) is 7.05 Å². The van der Waals surface area contributed by atoms with E-state index in [1.165, 1.54) is 5.57 Å². The van der Waals surface area contributed by atoms with Crippen molar-refractivity contribution in [3.05, 3.63) is 11.6 Å². The summed E-state index contributed by atoms with van der Waals surface area (Å²) in [5.74, 6) is 1.10. The van der Waals surface area contributed by atoms with Gasteiger partial charge in [0.25, 0.3) is 5.91 Å². The molecule has 1 amide bonds. The minimum atomic E-state index is -0.454. The van der Waals surface area contributed by atoms with Crippen LogP contribution in [0.3, 0.4) is 0 Å². The van der Waals surface area contributed by atoms with Crippen molar-refractivity contribution in [1.29, 1.82) is 0 Å². The fourth-order valence-corrected chi connectivity index (χ4v) is 1.70. The highest BCUT2D eigenvalue weighted by Gasteiger charge is 2.16. The number of nitrogens with two attached hydrogens (primary N) is 1. The Labute approximate surface area is 105 Å². The second-order valence-electron chi connectivity index (χ2n) is 5.32. The number of carbonyl (C=O) groups excluding carboxylic acids is 1. The Morgan fingerprint density at radius 3 is 2.06 bits per heavy atom. The quantitative estimate of drug-likeness (QED) is 0.711. The minimum Gasteiger partial charge on any atom is -0.364 e. The molecule has 0 aliphatic rings. The molecule has 0 fully saturated rings. The first kappa shape index (κ1) is 15.9. The van der Waals surface area contributed by atoms with Crippen LogP contribution in [-0.4, -0.2) is 18.7 Å². The molecule has 1 unspecified atom stereocenters. The van der Waals surface area contributed by atoms with E-state index in [1.54, 1.807) is 7.05 Å². The van der Waals surface area contributed by atoms with Crippen LogP contribution in [0, 0.1) is 17.8 Å². The zero-order chi connectivity index (χ0) is 13.6. The maximum absolute atomic E-state index is 11.2. The summed E-state index contributed by atoms with van der Waals surface area (Å²) in [5.41, 5.74) is 6.92. The molecule has 0 spiro atoms. The summed E-state index contributed by atoms with van der Waals surface area (Å²) in [6.45, 7) is 10.9. The molecule has 0 aromatic carbocycles. The number of allylic oxidation sites excluding steroid dienone is 1. The first-order valence-corrected chi connectivity index (χ1v) is 6.26. The number of rotatable bonds is 6. The fraction of sp³-hybridized carbons (Fsp3) is 0.714. The molecule has 3 heteroatoms. The third-order valence-electron chi connectivity index (χ3n) is 3.04. The maximum Gasteiger partial charge on any atom is 0.266 e. The molecule has 17 heavy (non-hydrogen) atoms. The lowest BCUT2D eigenvalue weighted by molar-refractivity contribution is -0.111. The van der Waals surface area contributed by atoms with Crippen LogP contribution in [0.1, 0.15) is 41.0 Å². The Morgan fingerprint density at radius 2 is 1.76 bits per heavy atom. The van der Waals surface area contributed by atoms with E-state index in [-0.39, 0.29) is 0 Å². The lowest BCUT2D eigenvalue weighted by Crippen LogP contribution is -2.23. The molecule has 0 saturated heterocycles. The zero-order valence-corrected chi connectivity index (χ0v) is 11.9. The van der Waals surface area contributed by atoms with Gasteiger partial charge in [-0.05, 0) is 30.3 Å². The monoisotopic (exact) mass is 238 g/mol. The van der Waals surface area contributed by atoms with Crippen molar-refractivity contribution in [2.75, 3.05) is 7.05 Å². The molecular weight excluding hydrogens is 212 g/mol. The molecule has 3 nitrogen and oxygen atoms in total. The van der Waals surface area contributed by atoms with Crippen LogP contribution in [0.4, 0.5) is 0 Å². The van der Waals surface area contributed by atoms with E-state index in [4.69, 9.17) is 5.73 Å². The van der Waals surface area contributed by atoms with Crippen molar-refractivity contribution in [3.63, 3.8) is 0 Å². The minimum absolute atomic E-state index is 0.369. The van der Waals surface area contributed by atoms with Crippen molar-refractivity contribution >= 4 is 11.6 Å². The molecule has 98 valence electrons. The van der Waals surface area contributed by atoms with Gasteiger partial charge in [0.1, 0.15) is 5.71 Å². The van der Waals surface area contributed by atoms with E-state index in [0.29, 0.717) is 23.5 Å². The van der Waals surface area contributed by atoms with E-state index in [2.05, 4.69) is 39.6 Å². The molecule has 0 aromatic heterocycles. The first-order valence-electron chi connectivity index (χ1n) is 6.26. The topological polar surface area (TPSA) is 55.4 Å². The van der Waals surface area contributed by atoms with Crippen LogP contribution in [0.2, 0.25) is 0 Å². The summed E-state index contributed by atoms with van der Waals surface area (Å²) in [7, 11) is 1.60. The molecular formula is C14H26N2O. The van der Waals surface area contributed by atoms with Crippen LogP contribution in [-0.2, 0) is 4.79 Å². The maximum atomic E-state index is 11.2. The average Bonchev–Trinajstić information content (AvgIpc) is 2.21. The van der Waals surface area contributed by atoms with Gasteiger partial charge in [0.05, 0.1) is 0 Å². The number of primary amides is 1. The molecule has 1 atom stereocenters. The third-order valence-corrected chi connectivity index (χ3v) is 3.04. The molecule has 0 aliphatic heterocycles. The number of amides is 1. The van der Waals surface area contributed by atoms with Gasteiger partial charge in [-0.3, -0.25) is 9.79 Å². The molecule has 0 aromatic rings. The molecule has 0 radical (unpaired) electrons. The standard InChI is InChI=1S/C14H26N2O/c1-9(2)7-12(11(5)10(3)4)8-13(16-6)14(15)17/h8-11H,7H2,1-6H3,(H2,15,17)/b12-8-,16-13+. The van der Waals surface area contributed by atoms with Gasteiger partial charge in [0.2, 0.25) is 0 Å². The summed E-state index contributed by atoms with van der Waals surface area (Å²) in [6, 6.07) is 0. The van der Waals surface area contributed by atoms with Gasteiger partial charge in [-0.1, -0.05) is 40.2 Å². The summed E-state index contributed by atoms with van der Waals surface area (Å²) in [5, 5.41) is 0. The normalized spacial score (nSPS) is 15.5. The van der Waals surface area contributed by atoms with E-state index in [1.807, 2.05) is 6.08 Å². The Morgan fingerprint density at radius 1 is 1.24 bits per heavy atom. The zero-order valence-electron chi connectivity index (χ0n) is 11.9. The van der Waals surface area contributed by atoms with Crippen molar-refractivity contribution in [2.24, 2.45) is 28.5 Å². The van der Waals surface area contributed by atoms with Gasteiger partial charge < -0.3 is 5.73 Å². The smallest absolute Gasteiger partial charge is 0.266 e. The van der Waals surface area contributed by atoms with Crippen molar-refractivity contribution in [2.45, 2.75) is 41.0 Å². The van der Waals surface area contributed by atoms with E-state index in [0.717, 1.165) is 6.42 Å².